The van der Waals surface area contributed by atoms with Crippen molar-refractivity contribution >= 4 is 52.2 Å². The zero-order valence-electron chi connectivity index (χ0n) is 10.7. The number of nitrogens with zero attached hydrogens (tertiary/aromatic N) is 1. The molecule has 0 radical (unpaired) electrons. The maximum Gasteiger partial charge on any atom is 0.355 e. The number of carboxylic acids is 1. The van der Waals surface area contributed by atoms with Gasteiger partial charge < -0.3 is 10.4 Å². The molecule has 0 aliphatic carbocycles. The number of carbonyl (C=O) groups is 2. The standard InChI is InChI=1S/C13H11ClN2O3S2/c14-10-3-1-8(21-10)2-4-11(17)15-6-5-12-16-9(7-20-12)13(18)19/h1-4,7H,5-6H2,(H,15,17)(H,18,19). The Labute approximate surface area is 133 Å². The van der Waals surface area contributed by atoms with Crippen LogP contribution in [-0.2, 0) is 11.2 Å². The Morgan fingerprint density at radius 3 is 2.86 bits per heavy atom. The summed E-state index contributed by atoms with van der Waals surface area (Å²) in [5, 5.41) is 13.6. The molecular formula is C13H11ClN2O3S2. The highest BCUT2D eigenvalue weighted by atomic mass is 35.5. The summed E-state index contributed by atoms with van der Waals surface area (Å²) in [4.78, 5) is 27.1. The monoisotopic (exact) mass is 342 g/mol. The number of thiazole rings is 1. The van der Waals surface area contributed by atoms with Gasteiger partial charge >= 0.3 is 5.97 Å². The number of nitrogens with one attached hydrogen (secondary N) is 1. The van der Waals surface area contributed by atoms with Crippen molar-refractivity contribution in [3.63, 3.8) is 0 Å². The van der Waals surface area contributed by atoms with Gasteiger partial charge in [-0.15, -0.1) is 22.7 Å². The van der Waals surface area contributed by atoms with Crippen LogP contribution in [0, 0.1) is 0 Å². The van der Waals surface area contributed by atoms with Gasteiger partial charge in [0, 0.05) is 29.3 Å². The van der Waals surface area contributed by atoms with E-state index < -0.39 is 5.97 Å². The Bertz CT molecular complexity index is 679. The number of rotatable bonds is 6. The lowest BCUT2D eigenvalue weighted by Crippen LogP contribution is -2.23. The molecule has 2 rings (SSSR count). The van der Waals surface area contributed by atoms with Crippen LogP contribution in [0.25, 0.3) is 6.08 Å². The summed E-state index contributed by atoms with van der Waals surface area (Å²) >= 11 is 8.45. The third-order valence-electron chi connectivity index (χ3n) is 2.40. The lowest BCUT2D eigenvalue weighted by Gasteiger charge is -1.99. The van der Waals surface area contributed by atoms with Crippen molar-refractivity contribution in [3.05, 3.63) is 43.5 Å². The molecule has 0 aromatic carbocycles. The lowest BCUT2D eigenvalue weighted by molar-refractivity contribution is -0.116. The van der Waals surface area contributed by atoms with E-state index in [1.807, 2.05) is 6.07 Å². The van der Waals surface area contributed by atoms with E-state index in [2.05, 4.69) is 10.3 Å². The minimum Gasteiger partial charge on any atom is -0.476 e. The molecule has 5 nitrogen and oxygen atoms in total. The second kappa shape index (κ2) is 7.35. The number of aromatic nitrogens is 1. The normalized spacial score (nSPS) is 10.9. The molecule has 8 heteroatoms. The van der Waals surface area contributed by atoms with Crippen molar-refractivity contribution in [2.45, 2.75) is 6.42 Å². The first-order chi connectivity index (χ1) is 10.0. The summed E-state index contributed by atoms with van der Waals surface area (Å²) < 4.78 is 0.674. The summed E-state index contributed by atoms with van der Waals surface area (Å²) in [5.41, 5.74) is 0.0378. The summed E-state index contributed by atoms with van der Waals surface area (Å²) in [6.45, 7) is 0.404. The molecule has 2 heterocycles. The third kappa shape index (κ3) is 4.96. The Morgan fingerprint density at radius 1 is 1.43 bits per heavy atom. The van der Waals surface area contributed by atoms with E-state index in [0.717, 1.165) is 4.88 Å². The van der Waals surface area contributed by atoms with E-state index in [1.165, 1.54) is 34.1 Å². The predicted molar refractivity (Wildman–Crippen MR) is 84.2 cm³/mol. The molecule has 110 valence electrons. The summed E-state index contributed by atoms with van der Waals surface area (Å²) in [7, 11) is 0. The molecule has 0 aliphatic rings. The number of hydrogen-bond donors (Lipinski definition) is 2. The molecule has 0 aliphatic heterocycles. The molecule has 2 aromatic rings. The number of amides is 1. The molecule has 0 atom stereocenters. The van der Waals surface area contributed by atoms with Gasteiger partial charge in [0.25, 0.3) is 0 Å². The zero-order valence-corrected chi connectivity index (χ0v) is 13.1. The van der Waals surface area contributed by atoms with E-state index in [4.69, 9.17) is 16.7 Å². The Morgan fingerprint density at radius 2 is 2.24 bits per heavy atom. The van der Waals surface area contributed by atoms with Gasteiger partial charge in [-0.1, -0.05) is 11.6 Å². The predicted octanol–water partition coefficient (Wildman–Crippen LogP) is 2.93. The lowest BCUT2D eigenvalue weighted by atomic mass is 10.4. The summed E-state index contributed by atoms with van der Waals surface area (Å²) in [5.74, 6) is -1.26. The van der Waals surface area contributed by atoms with Crippen LogP contribution in [0.3, 0.4) is 0 Å². The van der Waals surface area contributed by atoms with Gasteiger partial charge in [-0.2, -0.15) is 0 Å². The van der Waals surface area contributed by atoms with Crippen LogP contribution in [0.4, 0.5) is 0 Å². The van der Waals surface area contributed by atoms with Crippen LogP contribution in [0.5, 0.6) is 0 Å². The fourth-order valence-electron chi connectivity index (χ4n) is 1.45. The second-order valence-corrected chi connectivity index (χ2v) is 6.64. The summed E-state index contributed by atoms with van der Waals surface area (Å²) in [6, 6.07) is 3.60. The van der Waals surface area contributed by atoms with E-state index in [0.29, 0.717) is 22.3 Å². The Kier molecular flexibility index (Phi) is 5.49. The number of halogens is 1. The maximum absolute atomic E-state index is 11.6. The largest absolute Gasteiger partial charge is 0.476 e. The quantitative estimate of drug-likeness (QED) is 0.791. The van der Waals surface area contributed by atoms with Gasteiger partial charge in [-0.05, 0) is 18.2 Å². The van der Waals surface area contributed by atoms with Crippen molar-refractivity contribution in [3.8, 4) is 0 Å². The van der Waals surface area contributed by atoms with Crippen molar-refractivity contribution in [2.24, 2.45) is 0 Å². The van der Waals surface area contributed by atoms with E-state index in [1.54, 1.807) is 12.1 Å². The minimum absolute atomic E-state index is 0.0378. The maximum atomic E-state index is 11.6. The molecule has 0 unspecified atom stereocenters. The van der Waals surface area contributed by atoms with Crippen LogP contribution in [0.15, 0.2) is 23.6 Å². The summed E-state index contributed by atoms with van der Waals surface area (Å²) in [6.07, 6.45) is 3.63. The molecule has 0 saturated heterocycles. The number of carbonyl (C=O) groups excluding carboxylic acids is 1. The number of aromatic carboxylic acids is 1. The van der Waals surface area contributed by atoms with E-state index in [-0.39, 0.29) is 11.6 Å². The average molecular weight is 343 g/mol. The molecule has 2 N–H and O–H groups in total. The minimum atomic E-state index is -1.04. The average Bonchev–Trinajstić information content (AvgIpc) is 3.05. The third-order valence-corrected chi connectivity index (χ3v) is 4.51. The van der Waals surface area contributed by atoms with Gasteiger partial charge in [-0.3, -0.25) is 4.79 Å². The van der Waals surface area contributed by atoms with E-state index in [9.17, 15) is 9.59 Å². The Balaban J connectivity index is 1.76. The van der Waals surface area contributed by atoms with Gasteiger partial charge in [0.15, 0.2) is 5.69 Å². The van der Waals surface area contributed by atoms with Gasteiger partial charge in [0.05, 0.1) is 9.34 Å². The first-order valence-electron chi connectivity index (χ1n) is 5.93. The highest BCUT2D eigenvalue weighted by molar-refractivity contribution is 7.17. The highest BCUT2D eigenvalue weighted by Gasteiger charge is 2.08. The van der Waals surface area contributed by atoms with Crippen LogP contribution < -0.4 is 5.32 Å². The van der Waals surface area contributed by atoms with Crippen molar-refractivity contribution < 1.29 is 14.7 Å². The zero-order chi connectivity index (χ0) is 15.2. The Hall–Kier alpha value is -1.70. The van der Waals surface area contributed by atoms with Crippen molar-refractivity contribution in [1.82, 2.24) is 10.3 Å². The molecule has 0 saturated carbocycles. The number of hydrogen-bond acceptors (Lipinski definition) is 5. The molecular weight excluding hydrogens is 332 g/mol. The molecule has 0 fully saturated rings. The second-order valence-electron chi connectivity index (χ2n) is 3.95. The van der Waals surface area contributed by atoms with Crippen LogP contribution in [0.2, 0.25) is 4.34 Å². The van der Waals surface area contributed by atoms with E-state index >= 15 is 0 Å². The smallest absolute Gasteiger partial charge is 0.355 e. The molecule has 0 spiro atoms. The molecule has 21 heavy (non-hydrogen) atoms. The van der Waals surface area contributed by atoms with Crippen LogP contribution in [0.1, 0.15) is 20.4 Å². The highest BCUT2D eigenvalue weighted by Crippen LogP contribution is 2.22. The fraction of sp³-hybridized carbons (Fsp3) is 0.154. The first kappa shape index (κ1) is 15.7. The van der Waals surface area contributed by atoms with Crippen molar-refractivity contribution in [1.29, 1.82) is 0 Å². The first-order valence-corrected chi connectivity index (χ1v) is 8.01. The van der Waals surface area contributed by atoms with Crippen LogP contribution in [-0.4, -0.2) is 28.5 Å². The van der Waals surface area contributed by atoms with Gasteiger partial charge in [0.1, 0.15) is 0 Å². The molecule has 2 aromatic heterocycles. The SMILES string of the molecule is O=C(C=Cc1ccc(Cl)s1)NCCc1nc(C(=O)O)cs1. The fourth-order valence-corrected chi connectivity index (χ4v) is 3.19. The molecule has 0 bridgehead atoms. The van der Waals surface area contributed by atoms with Crippen LogP contribution >= 0.6 is 34.3 Å². The number of thiophene rings is 1. The number of carboxylic acid groups (broad SMARTS) is 1. The van der Waals surface area contributed by atoms with Gasteiger partial charge in [-0.25, -0.2) is 9.78 Å². The molecule has 1 amide bonds. The van der Waals surface area contributed by atoms with Crippen molar-refractivity contribution in [2.75, 3.05) is 6.54 Å². The van der Waals surface area contributed by atoms with Gasteiger partial charge in [0.2, 0.25) is 5.91 Å². The topological polar surface area (TPSA) is 79.3 Å².